The number of nitrogens with zero attached hydrogens (tertiary/aromatic N) is 1. The summed E-state index contributed by atoms with van der Waals surface area (Å²) in [6.07, 6.45) is 0.861. The van der Waals surface area contributed by atoms with Crippen LogP contribution in [0.5, 0.6) is 0 Å². The maximum atomic E-state index is 12.6. The summed E-state index contributed by atoms with van der Waals surface area (Å²) in [6.45, 7) is 1.70. The number of hydrogen-bond donors (Lipinski definition) is 2. The highest BCUT2D eigenvalue weighted by Gasteiger charge is 2.06. The molecule has 4 nitrogen and oxygen atoms in total. The lowest BCUT2D eigenvalue weighted by Gasteiger charge is -2.15. The molecule has 94 valence electrons. The van der Waals surface area contributed by atoms with Gasteiger partial charge in [0.15, 0.2) is 0 Å². The van der Waals surface area contributed by atoms with Crippen molar-refractivity contribution >= 4 is 11.6 Å². The molecule has 0 unspecified atom stereocenters. The molecule has 0 aliphatic heterocycles. The van der Waals surface area contributed by atoms with Crippen molar-refractivity contribution in [1.29, 1.82) is 0 Å². The Bertz CT molecular complexity index is 353. The predicted octanol–water partition coefficient (Wildman–Crippen LogP) is 1.04. The van der Waals surface area contributed by atoms with Gasteiger partial charge in [0.1, 0.15) is 5.82 Å². The summed E-state index contributed by atoms with van der Waals surface area (Å²) in [7, 11) is 1.86. The molecule has 0 saturated carbocycles. The van der Waals surface area contributed by atoms with Gasteiger partial charge < -0.3 is 11.1 Å². The Labute approximate surface area is 101 Å². The molecule has 1 aromatic carbocycles. The normalized spacial score (nSPS) is 10.6. The third kappa shape index (κ3) is 5.42. The van der Waals surface area contributed by atoms with Gasteiger partial charge in [-0.3, -0.25) is 9.69 Å². The zero-order valence-electron chi connectivity index (χ0n) is 9.95. The minimum Gasteiger partial charge on any atom is -0.330 e. The molecular weight excluding hydrogens is 221 g/mol. The van der Waals surface area contributed by atoms with E-state index in [1.165, 1.54) is 24.3 Å². The Kier molecular flexibility index (Phi) is 5.59. The van der Waals surface area contributed by atoms with Crippen molar-refractivity contribution in [2.45, 2.75) is 6.42 Å². The Morgan fingerprint density at radius 3 is 2.65 bits per heavy atom. The van der Waals surface area contributed by atoms with Gasteiger partial charge in [-0.05, 0) is 50.8 Å². The van der Waals surface area contributed by atoms with Crippen LogP contribution in [-0.2, 0) is 4.79 Å². The number of nitrogens with two attached hydrogens (primary N) is 1. The van der Waals surface area contributed by atoms with Crippen LogP contribution in [0.4, 0.5) is 10.1 Å². The highest BCUT2D eigenvalue weighted by molar-refractivity contribution is 5.92. The van der Waals surface area contributed by atoms with E-state index in [-0.39, 0.29) is 11.7 Å². The first-order valence-corrected chi connectivity index (χ1v) is 5.56. The first-order chi connectivity index (χ1) is 8.11. The quantitative estimate of drug-likeness (QED) is 0.780. The average molecular weight is 239 g/mol. The lowest BCUT2D eigenvalue weighted by atomic mass is 10.3. The Morgan fingerprint density at radius 1 is 1.41 bits per heavy atom. The molecule has 0 radical (unpaired) electrons. The summed E-state index contributed by atoms with van der Waals surface area (Å²) >= 11 is 0. The molecule has 1 amide bonds. The largest absolute Gasteiger partial charge is 0.330 e. The van der Waals surface area contributed by atoms with Crippen LogP contribution in [0.25, 0.3) is 0 Å². The molecule has 0 atom stereocenters. The molecule has 0 saturated heterocycles. The summed E-state index contributed by atoms with van der Waals surface area (Å²) in [5.74, 6) is -0.431. The van der Waals surface area contributed by atoms with E-state index in [9.17, 15) is 9.18 Å². The van der Waals surface area contributed by atoms with Crippen LogP contribution in [0.3, 0.4) is 0 Å². The number of halogens is 1. The zero-order valence-corrected chi connectivity index (χ0v) is 9.95. The van der Waals surface area contributed by atoms with Gasteiger partial charge in [0, 0.05) is 5.69 Å². The molecule has 17 heavy (non-hydrogen) atoms. The van der Waals surface area contributed by atoms with Crippen molar-refractivity contribution in [2.75, 3.05) is 32.0 Å². The van der Waals surface area contributed by atoms with Crippen LogP contribution in [0.1, 0.15) is 6.42 Å². The van der Waals surface area contributed by atoms with E-state index < -0.39 is 0 Å². The lowest BCUT2D eigenvalue weighted by Crippen LogP contribution is -2.31. The summed E-state index contributed by atoms with van der Waals surface area (Å²) in [5.41, 5.74) is 5.98. The fourth-order valence-electron chi connectivity index (χ4n) is 1.42. The van der Waals surface area contributed by atoms with Crippen molar-refractivity contribution in [3.8, 4) is 0 Å². The number of anilines is 1. The number of rotatable bonds is 6. The number of nitrogens with one attached hydrogen (secondary N) is 1. The van der Waals surface area contributed by atoms with E-state index in [1.807, 2.05) is 11.9 Å². The fraction of sp³-hybridized carbons (Fsp3) is 0.417. The van der Waals surface area contributed by atoms with Crippen molar-refractivity contribution in [2.24, 2.45) is 5.73 Å². The van der Waals surface area contributed by atoms with Crippen LogP contribution in [0.2, 0.25) is 0 Å². The van der Waals surface area contributed by atoms with Crippen LogP contribution in [0, 0.1) is 5.82 Å². The molecule has 5 heteroatoms. The van der Waals surface area contributed by atoms with Crippen LogP contribution in [0.15, 0.2) is 24.3 Å². The van der Waals surface area contributed by atoms with Crippen molar-refractivity contribution in [1.82, 2.24) is 4.90 Å². The van der Waals surface area contributed by atoms with Gasteiger partial charge in [-0.25, -0.2) is 4.39 Å². The van der Waals surface area contributed by atoms with E-state index in [2.05, 4.69) is 5.32 Å². The van der Waals surface area contributed by atoms with Crippen molar-refractivity contribution < 1.29 is 9.18 Å². The average Bonchev–Trinajstić information content (AvgIpc) is 2.29. The van der Waals surface area contributed by atoms with E-state index >= 15 is 0 Å². The number of amides is 1. The van der Waals surface area contributed by atoms with Crippen molar-refractivity contribution in [3.63, 3.8) is 0 Å². The maximum Gasteiger partial charge on any atom is 0.238 e. The number of hydrogen-bond acceptors (Lipinski definition) is 3. The first kappa shape index (κ1) is 13.6. The highest BCUT2D eigenvalue weighted by atomic mass is 19.1. The topological polar surface area (TPSA) is 58.4 Å². The number of benzene rings is 1. The number of carbonyl (C=O) groups excluding carboxylic acids is 1. The van der Waals surface area contributed by atoms with Gasteiger partial charge in [0.25, 0.3) is 0 Å². The Hall–Kier alpha value is -1.46. The lowest BCUT2D eigenvalue weighted by molar-refractivity contribution is -0.117. The van der Waals surface area contributed by atoms with E-state index in [4.69, 9.17) is 5.73 Å². The molecule has 3 N–H and O–H groups in total. The van der Waals surface area contributed by atoms with E-state index in [0.717, 1.165) is 13.0 Å². The Morgan fingerprint density at radius 2 is 2.06 bits per heavy atom. The molecule has 1 aromatic rings. The third-order valence-corrected chi connectivity index (χ3v) is 2.29. The summed E-state index contributed by atoms with van der Waals surface area (Å²) < 4.78 is 12.6. The summed E-state index contributed by atoms with van der Waals surface area (Å²) in [6, 6.07) is 5.70. The fourth-order valence-corrected chi connectivity index (χ4v) is 1.42. The smallest absolute Gasteiger partial charge is 0.238 e. The Balaban J connectivity index is 2.36. The molecular formula is C12H18FN3O. The standard InChI is InChI=1S/C12H18FN3O/c1-16(8-2-7-14)9-12(17)15-11-5-3-10(13)4-6-11/h3-6H,2,7-9,14H2,1H3,(H,15,17). The molecule has 0 aliphatic carbocycles. The number of likely N-dealkylation sites (N-methyl/N-ethyl adjacent to an activating group) is 1. The molecule has 1 rings (SSSR count). The van der Waals surface area contributed by atoms with Gasteiger partial charge in [-0.15, -0.1) is 0 Å². The third-order valence-electron chi connectivity index (χ3n) is 2.29. The van der Waals surface area contributed by atoms with Crippen LogP contribution in [-0.4, -0.2) is 37.5 Å². The highest BCUT2D eigenvalue weighted by Crippen LogP contribution is 2.07. The zero-order chi connectivity index (χ0) is 12.7. The molecule has 0 heterocycles. The summed E-state index contributed by atoms with van der Waals surface area (Å²) in [4.78, 5) is 13.5. The van der Waals surface area contributed by atoms with Gasteiger partial charge in [0.05, 0.1) is 6.54 Å². The van der Waals surface area contributed by atoms with Gasteiger partial charge >= 0.3 is 0 Å². The minimum atomic E-state index is -0.317. The van der Waals surface area contributed by atoms with Crippen molar-refractivity contribution in [3.05, 3.63) is 30.1 Å². The number of carbonyl (C=O) groups is 1. The molecule has 0 aliphatic rings. The molecule has 0 aromatic heterocycles. The molecule has 0 fully saturated rings. The monoisotopic (exact) mass is 239 g/mol. The van der Waals surface area contributed by atoms with Crippen LogP contribution >= 0.6 is 0 Å². The van der Waals surface area contributed by atoms with E-state index in [0.29, 0.717) is 18.8 Å². The van der Waals surface area contributed by atoms with Crippen LogP contribution < -0.4 is 11.1 Å². The summed E-state index contributed by atoms with van der Waals surface area (Å²) in [5, 5.41) is 2.70. The SMILES string of the molecule is CN(CCCN)CC(=O)Nc1ccc(F)cc1. The maximum absolute atomic E-state index is 12.6. The van der Waals surface area contributed by atoms with Gasteiger partial charge in [-0.2, -0.15) is 0 Å². The van der Waals surface area contributed by atoms with Gasteiger partial charge in [0.2, 0.25) is 5.91 Å². The second kappa shape index (κ2) is 6.98. The molecule has 0 spiro atoms. The predicted molar refractivity (Wildman–Crippen MR) is 66.2 cm³/mol. The van der Waals surface area contributed by atoms with E-state index in [1.54, 1.807) is 0 Å². The second-order valence-electron chi connectivity index (χ2n) is 3.94. The molecule has 0 bridgehead atoms. The van der Waals surface area contributed by atoms with Gasteiger partial charge in [-0.1, -0.05) is 0 Å². The first-order valence-electron chi connectivity index (χ1n) is 5.56. The minimum absolute atomic E-state index is 0.115. The second-order valence-corrected chi connectivity index (χ2v) is 3.94.